The molecule has 0 unspecified atom stereocenters. The maximum absolute atomic E-state index is 10.5. The summed E-state index contributed by atoms with van der Waals surface area (Å²) < 4.78 is 0. The lowest BCUT2D eigenvalue weighted by molar-refractivity contribution is 0.0697. The number of nitrogens with zero attached hydrogens (tertiary/aromatic N) is 2. The summed E-state index contributed by atoms with van der Waals surface area (Å²) in [5.74, 6) is -1.24. The molecule has 0 aromatic carbocycles. The Bertz CT molecular complexity index is 367. The van der Waals surface area contributed by atoms with Gasteiger partial charge in [-0.05, 0) is 6.07 Å². The van der Waals surface area contributed by atoms with E-state index in [1.54, 1.807) is 6.07 Å². The van der Waals surface area contributed by atoms with E-state index in [1.165, 1.54) is 12.3 Å². The van der Waals surface area contributed by atoms with E-state index in [9.17, 15) is 4.79 Å². The molecule has 1 rings (SSSR count). The number of carbonyl (C=O) groups is 1. The van der Waals surface area contributed by atoms with E-state index in [-0.39, 0.29) is 16.9 Å². The van der Waals surface area contributed by atoms with Crippen molar-refractivity contribution in [1.82, 2.24) is 4.98 Å². The first-order chi connectivity index (χ1) is 5.66. The minimum atomic E-state index is -1.24. The topological polar surface area (TPSA) is 100 Å². The standard InChI is InChI=1S/C7H5N3O2/c8-3-5-6(7(11)12)4(9)1-2-10-5/h1-2H,(H2,9,10)(H,11,12). The highest BCUT2D eigenvalue weighted by molar-refractivity contribution is 5.95. The zero-order valence-electron chi connectivity index (χ0n) is 5.98. The van der Waals surface area contributed by atoms with E-state index >= 15 is 0 Å². The quantitative estimate of drug-likeness (QED) is 0.617. The van der Waals surface area contributed by atoms with Crippen LogP contribution in [0.3, 0.4) is 0 Å². The first kappa shape index (κ1) is 8.01. The molecule has 1 heterocycles. The highest BCUT2D eigenvalue weighted by Crippen LogP contribution is 2.12. The van der Waals surface area contributed by atoms with E-state index in [1.807, 2.05) is 0 Å². The van der Waals surface area contributed by atoms with Crippen LogP contribution in [0.25, 0.3) is 0 Å². The fraction of sp³-hybridized carbons (Fsp3) is 0. The van der Waals surface area contributed by atoms with Crippen LogP contribution >= 0.6 is 0 Å². The number of nitrogen functional groups attached to an aromatic ring is 1. The van der Waals surface area contributed by atoms with E-state index in [2.05, 4.69) is 4.98 Å². The number of carboxylic acid groups (broad SMARTS) is 1. The van der Waals surface area contributed by atoms with Crippen molar-refractivity contribution < 1.29 is 9.90 Å². The Kier molecular flexibility index (Phi) is 1.92. The SMILES string of the molecule is N#Cc1nccc(N)c1C(=O)O. The summed E-state index contributed by atoms with van der Waals surface area (Å²) in [7, 11) is 0. The molecular formula is C7H5N3O2. The highest BCUT2D eigenvalue weighted by Gasteiger charge is 2.13. The number of pyridine rings is 1. The zero-order chi connectivity index (χ0) is 9.14. The summed E-state index contributed by atoms with van der Waals surface area (Å²) >= 11 is 0. The average Bonchev–Trinajstić information content (AvgIpc) is 2.03. The van der Waals surface area contributed by atoms with E-state index in [0.29, 0.717) is 0 Å². The van der Waals surface area contributed by atoms with Crippen LogP contribution in [-0.4, -0.2) is 16.1 Å². The highest BCUT2D eigenvalue weighted by atomic mass is 16.4. The molecule has 0 amide bonds. The number of nitrogens with two attached hydrogens (primary N) is 1. The van der Waals surface area contributed by atoms with Crippen LogP contribution in [0.15, 0.2) is 12.3 Å². The van der Waals surface area contributed by atoms with E-state index in [4.69, 9.17) is 16.1 Å². The fourth-order valence-electron chi connectivity index (χ4n) is 0.786. The number of aromatic nitrogens is 1. The minimum Gasteiger partial charge on any atom is -0.478 e. The number of carboxylic acids is 1. The molecule has 0 atom stereocenters. The number of hydrogen-bond acceptors (Lipinski definition) is 4. The van der Waals surface area contributed by atoms with Crippen molar-refractivity contribution in [2.24, 2.45) is 0 Å². The molecule has 3 N–H and O–H groups in total. The first-order valence-electron chi connectivity index (χ1n) is 3.04. The molecule has 0 radical (unpaired) electrons. The van der Waals surface area contributed by atoms with E-state index in [0.717, 1.165) is 0 Å². The van der Waals surface area contributed by atoms with Crippen LogP contribution in [0.4, 0.5) is 5.69 Å². The van der Waals surface area contributed by atoms with Gasteiger partial charge in [-0.2, -0.15) is 5.26 Å². The molecule has 0 aliphatic heterocycles. The minimum absolute atomic E-state index is 0.0500. The van der Waals surface area contributed by atoms with Gasteiger partial charge >= 0.3 is 5.97 Å². The van der Waals surface area contributed by atoms with Crippen LogP contribution in [0.1, 0.15) is 16.1 Å². The molecule has 1 aromatic rings. The van der Waals surface area contributed by atoms with Crippen molar-refractivity contribution >= 4 is 11.7 Å². The predicted molar refractivity (Wildman–Crippen MR) is 40.3 cm³/mol. The lowest BCUT2D eigenvalue weighted by Crippen LogP contribution is -2.06. The van der Waals surface area contributed by atoms with Gasteiger partial charge in [0.1, 0.15) is 11.6 Å². The summed E-state index contributed by atoms with van der Waals surface area (Å²) in [5, 5.41) is 17.1. The van der Waals surface area contributed by atoms with Gasteiger partial charge < -0.3 is 10.8 Å². The van der Waals surface area contributed by atoms with Crippen LogP contribution in [-0.2, 0) is 0 Å². The van der Waals surface area contributed by atoms with E-state index < -0.39 is 5.97 Å². The molecule has 0 bridgehead atoms. The van der Waals surface area contributed by atoms with Crippen molar-refractivity contribution in [2.45, 2.75) is 0 Å². The largest absolute Gasteiger partial charge is 0.478 e. The second kappa shape index (κ2) is 2.88. The second-order valence-electron chi connectivity index (χ2n) is 2.04. The molecule has 0 aliphatic carbocycles. The maximum atomic E-state index is 10.5. The third-order valence-corrected chi connectivity index (χ3v) is 1.30. The summed E-state index contributed by atoms with van der Waals surface area (Å²) in [6, 6.07) is 2.98. The number of aromatic carboxylic acids is 1. The number of anilines is 1. The van der Waals surface area contributed by atoms with Crippen LogP contribution in [0.2, 0.25) is 0 Å². The number of nitriles is 1. The summed E-state index contributed by atoms with van der Waals surface area (Å²) in [5.41, 5.74) is 4.98. The first-order valence-corrected chi connectivity index (χ1v) is 3.04. The van der Waals surface area contributed by atoms with Gasteiger partial charge in [-0.25, -0.2) is 9.78 Å². The third-order valence-electron chi connectivity index (χ3n) is 1.30. The summed E-state index contributed by atoms with van der Waals surface area (Å²) in [6.07, 6.45) is 1.29. The summed E-state index contributed by atoms with van der Waals surface area (Å²) in [6.45, 7) is 0. The van der Waals surface area contributed by atoms with Gasteiger partial charge in [0.25, 0.3) is 0 Å². The van der Waals surface area contributed by atoms with Gasteiger partial charge in [-0.3, -0.25) is 0 Å². The van der Waals surface area contributed by atoms with Crippen LogP contribution in [0.5, 0.6) is 0 Å². The Labute approximate surface area is 68.1 Å². The van der Waals surface area contributed by atoms with Gasteiger partial charge in [0.2, 0.25) is 0 Å². The molecule has 60 valence electrons. The molecule has 0 saturated heterocycles. The smallest absolute Gasteiger partial charge is 0.340 e. The van der Waals surface area contributed by atoms with Crippen molar-refractivity contribution in [2.75, 3.05) is 5.73 Å². The van der Waals surface area contributed by atoms with Gasteiger partial charge in [0, 0.05) is 6.20 Å². The molecule has 5 heteroatoms. The second-order valence-corrected chi connectivity index (χ2v) is 2.04. The molecule has 0 spiro atoms. The Morgan fingerprint density at radius 2 is 2.42 bits per heavy atom. The molecular weight excluding hydrogens is 158 g/mol. The number of rotatable bonds is 1. The van der Waals surface area contributed by atoms with Crippen molar-refractivity contribution in [3.8, 4) is 6.07 Å². The van der Waals surface area contributed by atoms with Gasteiger partial charge in [-0.1, -0.05) is 0 Å². The molecule has 0 saturated carbocycles. The maximum Gasteiger partial charge on any atom is 0.340 e. The molecule has 12 heavy (non-hydrogen) atoms. The Morgan fingerprint density at radius 1 is 1.75 bits per heavy atom. The van der Waals surface area contributed by atoms with Crippen molar-refractivity contribution in [3.63, 3.8) is 0 Å². The molecule has 0 aliphatic rings. The van der Waals surface area contributed by atoms with Crippen LogP contribution < -0.4 is 5.73 Å². The lowest BCUT2D eigenvalue weighted by Gasteiger charge is -1.99. The average molecular weight is 163 g/mol. The monoisotopic (exact) mass is 163 g/mol. The zero-order valence-corrected chi connectivity index (χ0v) is 5.98. The third kappa shape index (κ3) is 1.18. The predicted octanol–water partition coefficient (Wildman–Crippen LogP) is 0.234. The molecule has 0 fully saturated rings. The van der Waals surface area contributed by atoms with Crippen LogP contribution in [0, 0.1) is 11.3 Å². The normalized spacial score (nSPS) is 8.92. The Morgan fingerprint density at radius 3 is 2.83 bits per heavy atom. The summed E-state index contributed by atoms with van der Waals surface area (Å²) in [4.78, 5) is 14.1. The lowest BCUT2D eigenvalue weighted by atomic mass is 10.2. The molecule has 1 aromatic heterocycles. The van der Waals surface area contributed by atoms with Gasteiger partial charge in [0.15, 0.2) is 5.69 Å². The van der Waals surface area contributed by atoms with Gasteiger partial charge in [-0.15, -0.1) is 0 Å². The Hall–Kier alpha value is -2.09. The van der Waals surface area contributed by atoms with Crippen molar-refractivity contribution in [3.05, 3.63) is 23.5 Å². The van der Waals surface area contributed by atoms with Crippen molar-refractivity contribution in [1.29, 1.82) is 5.26 Å². The number of hydrogen-bond donors (Lipinski definition) is 2. The fourth-order valence-corrected chi connectivity index (χ4v) is 0.786. The Balaban J connectivity index is 3.42. The molecule has 5 nitrogen and oxygen atoms in total. The van der Waals surface area contributed by atoms with Gasteiger partial charge in [0.05, 0.1) is 5.69 Å².